The van der Waals surface area contributed by atoms with Crippen molar-refractivity contribution in [1.82, 2.24) is 0 Å². The normalized spacial score (nSPS) is 13.8. The number of nitrogens with zero attached hydrogens (tertiary/aromatic N) is 1. The lowest BCUT2D eigenvalue weighted by molar-refractivity contribution is 0.0194. The summed E-state index contributed by atoms with van der Waals surface area (Å²) in [5.74, 6) is -2.75. The van der Waals surface area contributed by atoms with Gasteiger partial charge in [0.05, 0.1) is 24.2 Å². The number of carbonyl (C=O) groups is 1. The Morgan fingerprint density at radius 2 is 2.00 bits per heavy atom. The Labute approximate surface area is 102 Å². The van der Waals surface area contributed by atoms with Crippen LogP contribution in [-0.4, -0.2) is 22.1 Å². The van der Waals surface area contributed by atoms with Crippen LogP contribution in [0.25, 0.3) is 0 Å². The quantitative estimate of drug-likeness (QED) is 0.798. The minimum Gasteiger partial charge on any atom is -0.389 e. The van der Waals surface area contributed by atoms with Crippen molar-refractivity contribution in [1.29, 1.82) is 5.26 Å². The third kappa shape index (κ3) is 2.88. The van der Waals surface area contributed by atoms with E-state index in [1.807, 2.05) is 0 Å². The largest absolute Gasteiger partial charge is 0.389 e. The monoisotopic (exact) mass is 255 g/mol. The zero-order valence-corrected chi connectivity index (χ0v) is 9.52. The molecule has 2 unspecified atom stereocenters. The van der Waals surface area contributed by atoms with Gasteiger partial charge >= 0.3 is 0 Å². The lowest BCUT2D eigenvalue weighted by atomic mass is 9.98. The van der Waals surface area contributed by atoms with Crippen LogP contribution in [-0.2, 0) is 0 Å². The maximum Gasteiger partial charge on any atom is 0.162 e. The van der Waals surface area contributed by atoms with Crippen LogP contribution in [0.4, 0.5) is 8.78 Å². The highest BCUT2D eigenvalue weighted by molar-refractivity contribution is 5.94. The van der Waals surface area contributed by atoms with Crippen molar-refractivity contribution >= 4 is 5.78 Å². The number of halogens is 2. The summed E-state index contributed by atoms with van der Waals surface area (Å²) in [4.78, 5) is 11.1. The molecule has 1 aromatic carbocycles. The minimum atomic E-state index is -1.69. The molecular formula is C12H11F2NO3. The molecule has 4 nitrogen and oxygen atoms in total. The number of Topliss-reactive ketones (excluding diaryl/α,β-unsaturated/α-hetero) is 1. The summed E-state index contributed by atoms with van der Waals surface area (Å²) in [7, 11) is 0. The van der Waals surface area contributed by atoms with E-state index in [1.165, 1.54) is 0 Å². The molecule has 0 heterocycles. The summed E-state index contributed by atoms with van der Waals surface area (Å²) in [6, 6.07) is 2.93. The summed E-state index contributed by atoms with van der Waals surface area (Å²) in [6.45, 7) is 1.10. The van der Waals surface area contributed by atoms with Crippen LogP contribution in [0.1, 0.15) is 35.4 Å². The topological polar surface area (TPSA) is 81.3 Å². The Morgan fingerprint density at radius 3 is 2.50 bits per heavy atom. The number of rotatable bonds is 4. The SMILES string of the molecule is CC(=O)c1cc(C(O)C(O)CC#N)c(F)cc1F. The van der Waals surface area contributed by atoms with E-state index >= 15 is 0 Å². The zero-order chi connectivity index (χ0) is 13.9. The molecule has 0 saturated carbocycles. The lowest BCUT2D eigenvalue weighted by Crippen LogP contribution is -2.19. The first-order valence-corrected chi connectivity index (χ1v) is 5.11. The highest BCUT2D eigenvalue weighted by Gasteiger charge is 2.24. The summed E-state index contributed by atoms with van der Waals surface area (Å²) >= 11 is 0. The van der Waals surface area contributed by atoms with Gasteiger partial charge in [-0.3, -0.25) is 4.79 Å². The molecule has 2 atom stereocenters. The van der Waals surface area contributed by atoms with E-state index in [9.17, 15) is 23.8 Å². The van der Waals surface area contributed by atoms with Gasteiger partial charge < -0.3 is 10.2 Å². The molecule has 0 radical (unpaired) electrons. The van der Waals surface area contributed by atoms with Gasteiger partial charge in [-0.15, -0.1) is 0 Å². The number of aliphatic hydroxyl groups excluding tert-OH is 2. The van der Waals surface area contributed by atoms with Crippen molar-refractivity contribution in [3.05, 3.63) is 34.9 Å². The number of benzene rings is 1. The molecule has 0 aliphatic carbocycles. The van der Waals surface area contributed by atoms with Crippen LogP contribution in [0, 0.1) is 23.0 Å². The van der Waals surface area contributed by atoms with Crippen molar-refractivity contribution in [3.8, 4) is 6.07 Å². The van der Waals surface area contributed by atoms with Crippen LogP contribution in [0.2, 0.25) is 0 Å². The molecule has 0 amide bonds. The summed E-state index contributed by atoms with van der Waals surface area (Å²) in [5.41, 5.74) is -0.793. The van der Waals surface area contributed by atoms with Crippen molar-refractivity contribution in [3.63, 3.8) is 0 Å². The van der Waals surface area contributed by atoms with Gasteiger partial charge in [0.25, 0.3) is 0 Å². The van der Waals surface area contributed by atoms with Crippen molar-refractivity contribution < 1.29 is 23.8 Å². The molecule has 6 heteroatoms. The number of carbonyl (C=O) groups excluding carboxylic acids is 1. The van der Waals surface area contributed by atoms with E-state index in [-0.39, 0.29) is 5.56 Å². The molecule has 0 spiro atoms. The maximum absolute atomic E-state index is 13.4. The fourth-order valence-corrected chi connectivity index (χ4v) is 1.47. The molecule has 0 aromatic heterocycles. The first kappa shape index (κ1) is 14.2. The van der Waals surface area contributed by atoms with Crippen LogP contribution >= 0.6 is 0 Å². The van der Waals surface area contributed by atoms with Crippen LogP contribution in [0.3, 0.4) is 0 Å². The second-order valence-electron chi connectivity index (χ2n) is 3.78. The Bertz CT molecular complexity index is 511. The minimum absolute atomic E-state index is 0.380. The van der Waals surface area contributed by atoms with E-state index in [4.69, 9.17) is 5.26 Å². The van der Waals surface area contributed by atoms with E-state index in [1.54, 1.807) is 6.07 Å². The molecule has 96 valence electrons. The van der Waals surface area contributed by atoms with Gasteiger partial charge in [-0.05, 0) is 13.0 Å². The van der Waals surface area contributed by atoms with Crippen LogP contribution in [0.15, 0.2) is 12.1 Å². The fourth-order valence-electron chi connectivity index (χ4n) is 1.47. The first-order chi connectivity index (χ1) is 8.38. The smallest absolute Gasteiger partial charge is 0.162 e. The molecule has 0 aliphatic rings. The third-order valence-electron chi connectivity index (χ3n) is 2.45. The second-order valence-corrected chi connectivity index (χ2v) is 3.78. The highest BCUT2D eigenvalue weighted by Crippen LogP contribution is 2.25. The molecule has 1 rings (SSSR count). The molecule has 0 fully saturated rings. The number of aliphatic hydroxyl groups is 2. The standard InChI is InChI=1S/C12H11F2NO3/c1-6(16)7-4-8(10(14)5-9(7)13)12(18)11(17)2-3-15/h4-5,11-12,17-18H,2H2,1H3. The molecular weight excluding hydrogens is 244 g/mol. The Morgan fingerprint density at radius 1 is 1.39 bits per heavy atom. The molecule has 0 aliphatic heterocycles. The van der Waals surface area contributed by atoms with Gasteiger partial charge in [-0.25, -0.2) is 8.78 Å². The summed E-state index contributed by atoms with van der Waals surface area (Å²) < 4.78 is 26.7. The summed E-state index contributed by atoms with van der Waals surface area (Å²) in [5, 5.41) is 27.4. The third-order valence-corrected chi connectivity index (χ3v) is 2.45. The predicted molar refractivity (Wildman–Crippen MR) is 57.6 cm³/mol. The zero-order valence-electron chi connectivity index (χ0n) is 9.52. The Balaban J connectivity index is 3.20. The number of ketones is 1. The second kappa shape index (κ2) is 5.67. The van der Waals surface area contributed by atoms with E-state index in [0.717, 1.165) is 13.0 Å². The molecule has 1 aromatic rings. The van der Waals surface area contributed by atoms with Crippen molar-refractivity contribution in [2.45, 2.75) is 25.6 Å². The Kier molecular flexibility index (Phi) is 4.48. The average molecular weight is 255 g/mol. The van der Waals surface area contributed by atoms with E-state index < -0.39 is 41.6 Å². The number of hydrogen-bond acceptors (Lipinski definition) is 4. The van der Waals surface area contributed by atoms with E-state index in [0.29, 0.717) is 6.07 Å². The first-order valence-electron chi connectivity index (χ1n) is 5.11. The van der Waals surface area contributed by atoms with Gasteiger partial charge in [0, 0.05) is 11.6 Å². The molecule has 2 N–H and O–H groups in total. The predicted octanol–water partition coefficient (Wildman–Crippen LogP) is 1.48. The van der Waals surface area contributed by atoms with Gasteiger partial charge in [0.15, 0.2) is 5.78 Å². The van der Waals surface area contributed by atoms with Crippen LogP contribution < -0.4 is 0 Å². The average Bonchev–Trinajstić information content (AvgIpc) is 2.28. The van der Waals surface area contributed by atoms with Gasteiger partial charge in [0.2, 0.25) is 0 Å². The maximum atomic E-state index is 13.4. The van der Waals surface area contributed by atoms with Gasteiger partial charge in [-0.2, -0.15) is 5.26 Å². The number of hydrogen-bond donors (Lipinski definition) is 2. The highest BCUT2D eigenvalue weighted by atomic mass is 19.1. The van der Waals surface area contributed by atoms with Crippen molar-refractivity contribution in [2.24, 2.45) is 0 Å². The fraction of sp³-hybridized carbons (Fsp3) is 0.333. The van der Waals surface area contributed by atoms with Crippen LogP contribution in [0.5, 0.6) is 0 Å². The molecule has 18 heavy (non-hydrogen) atoms. The van der Waals surface area contributed by atoms with Crippen molar-refractivity contribution in [2.75, 3.05) is 0 Å². The molecule has 0 bridgehead atoms. The van der Waals surface area contributed by atoms with Gasteiger partial charge in [0.1, 0.15) is 17.7 Å². The van der Waals surface area contributed by atoms with E-state index in [2.05, 4.69) is 0 Å². The number of nitriles is 1. The Hall–Kier alpha value is -1.84. The molecule has 0 saturated heterocycles. The lowest BCUT2D eigenvalue weighted by Gasteiger charge is -2.17. The summed E-state index contributed by atoms with van der Waals surface area (Å²) in [6.07, 6.45) is -3.61. The van der Waals surface area contributed by atoms with Gasteiger partial charge in [-0.1, -0.05) is 0 Å².